The average Bonchev–Trinajstić information content (AvgIpc) is 2.67. The van der Waals surface area contributed by atoms with Gasteiger partial charge in [0.25, 0.3) is 5.91 Å². The third-order valence-corrected chi connectivity index (χ3v) is 5.84. The quantitative estimate of drug-likeness (QED) is 0.844. The number of carbonyl (C=O) groups is 1. The Labute approximate surface area is 152 Å². The van der Waals surface area contributed by atoms with Gasteiger partial charge in [-0.25, -0.2) is 0 Å². The number of aliphatic hydroxyl groups is 1. The van der Waals surface area contributed by atoms with Gasteiger partial charge in [0, 0.05) is 38.3 Å². The van der Waals surface area contributed by atoms with Gasteiger partial charge in [0.05, 0.1) is 17.2 Å². The number of para-hydroxylation sites is 1. The number of rotatable bonds is 1. The summed E-state index contributed by atoms with van der Waals surface area (Å²) in [6, 6.07) is 7.32. The first-order valence-electron chi connectivity index (χ1n) is 9.21. The van der Waals surface area contributed by atoms with E-state index in [1.54, 1.807) is 17.2 Å². The Bertz CT molecular complexity index is 896. The Morgan fingerprint density at radius 2 is 2.00 bits per heavy atom. The fourth-order valence-corrected chi connectivity index (χ4v) is 4.24. The summed E-state index contributed by atoms with van der Waals surface area (Å²) in [5.74, 6) is -0.239. The molecule has 0 bridgehead atoms. The first-order chi connectivity index (χ1) is 12.5. The predicted molar refractivity (Wildman–Crippen MR) is 98.3 cm³/mol. The van der Waals surface area contributed by atoms with E-state index in [0.29, 0.717) is 37.9 Å². The second kappa shape index (κ2) is 6.52. The number of piperidine rings is 1. The number of nitrogens with zero attached hydrogens (tertiary/aromatic N) is 2. The Morgan fingerprint density at radius 3 is 2.73 bits per heavy atom. The number of aromatic nitrogens is 1. The van der Waals surface area contributed by atoms with Crippen LogP contribution in [0.1, 0.15) is 36.0 Å². The van der Waals surface area contributed by atoms with Gasteiger partial charge in [0.2, 0.25) is 5.43 Å². The largest absolute Gasteiger partial charge is 0.390 e. The molecule has 0 saturated carbocycles. The van der Waals surface area contributed by atoms with E-state index in [-0.39, 0.29) is 16.9 Å². The van der Waals surface area contributed by atoms with Crippen molar-refractivity contribution < 1.29 is 14.6 Å². The maximum absolute atomic E-state index is 13.0. The molecule has 2 aliphatic heterocycles. The molecule has 0 radical (unpaired) electrons. The van der Waals surface area contributed by atoms with E-state index in [9.17, 15) is 14.7 Å². The van der Waals surface area contributed by atoms with Crippen molar-refractivity contribution in [3.8, 4) is 0 Å². The van der Waals surface area contributed by atoms with Crippen molar-refractivity contribution >= 4 is 16.8 Å². The number of aliphatic hydroxyl groups excluding tert-OH is 1. The van der Waals surface area contributed by atoms with Crippen molar-refractivity contribution in [3.05, 3.63) is 46.2 Å². The smallest absolute Gasteiger partial charge is 0.259 e. The molecular weight excluding hydrogens is 332 g/mol. The summed E-state index contributed by atoms with van der Waals surface area (Å²) in [6.07, 6.45) is 3.99. The molecule has 1 atom stereocenters. The molecule has 4 rings (SSSR count). The van der Waals surface area contributed by atoms with Crippen molar-refractivity contribution in [2.24, 2.45) is 7.05 Å². The Kier molecular flexibility index (Phi) is 4.32. The van der Waals surface area contributed by atoms with Crippen LogP contribution >= 0.6 is 0 Å². The molecule has 6 heteroatoms. The number of benzene rings is 1. The fraction of sp³-hybridized carbons (Fsp3) is 0.500. The number of ether oxygens (including phenoxy) is 1. The van der Waals surface area contributed by atoms with Crippen molar-refractivity contribution in [2.45, 2.75) is 37.4 Å². The Balaban J connectivity index is 1.59. The molecule has 1 aromatic carbocycles. The highest BCUT2D eigenvalue weighted by molar-refractivity contribution is 5.97. The van der Waals surface area contributed by atoms with E-state index in [4.69, 9.17) is 4.74 Å². The highest BCUT2D eigenvalue weighted by Crippen LogP contribution is 2.35. The lowest BCUT2D eigenvalue weighted by molar-refractivity contribution is -0.174. The van der Waals surface area contributed by atoms with E-state index in [1.165, 1.54) is 0 Å². The number of fused-ring (bicyclic) bond motifs is 1. The third-order valence-electron chi connectivity index (χ3n) is 5.84. The summed E-state index contributed by atoms with van der Waals surface area (Å²) >= 11 is 0. The van der Waals surface area contributed by atoms with Crippen LogP contribution in [0.2, 0.25) is 0 Å². The number of carbonyl (C=O) groups excluding carboxylic acids is 1. The molecule has 3 heterocycles. The van der Waals surface area contributed by atoms with Crippen LogP contribution < -0.4 is 5.43 Å². The highest BCUT2D eigenvalue weighted by atomic mass is 16.5. The van der Waals surface area contributed by atoms with Crippen molar-refractivity contribution in [1.82, 2.24) is 9.47 Å². The lowest BCUT2D eigenvalue weighted by Crippen LogP contribution is -2.56. The summed E-state index contributed by atoms with van der Waals surface area (Å²) in [5.41, 5.74) is 0.263. The lowest BCUT2D eigenvalue weighted by atomic mass is 9.82. The van der Waals surface area contributed by atoms with E-state index >= 15 is 0 Å². The molecule has 1 amide bonds. The van der Waals surface area contributed by atoms with E-state index < -0.39 is 11.7 Å². The molecule has 0 aliphatic carbocycles. The minimum Gasteiger partial charge on any atom is -0.390 e. The summed E-state index contributed by atoms with van der Waals surface area (Å²) in [7, 11) is 1.84. The number of likely N-dealkylation sites (tertiary alicyclic amines) is 1. The van der Waals surface area contributed by atoms with Crippen molar-refractivity contribution in [3.63, 3.8) is 0 Å². The van der Waals surface area contributed by atoms with Crippen LogP contribution in [0.5, 0.6) is 0 Å². The first-order valence-corrected chi connectivity index (χ1v) is 9.21. The summed E-state index contributed by atoms with van der Waals surface area (Å²) < 4.78 is 7.72. The van der Waals surface area contributed by atoms with Gasteiger partial charge in [-0.2, -0.15) is 0 Å². The SMILES string of the molecule is Cn1cc(C(=O)N2CCC3(CC2)OCCCC3O)c(=O)c2ccccc21. The maximum Gasteiger partial charge on any atom is 0.259 e. The molecular formula is C20H24N2O4. The average molecular weight is 356 g/mol. The molecule has 2 saturated heterocycles. The van der Waals surface area contributed by atoms with Crippen LogP contribution in [0.25, 0.3) is 10.9 Å². The standard InChI is InChI=1S/C20H24N2O4/c1-21-13-15(18(24)14-5-2-3-6-16(14)21)19(25)22-10-8-20(9-11-22)17(23)7-4-12-26-20/h2-3,5-6,13,17,23H,4,7-12H2,1H3. The van der Waals surface area contributed by atoms with Crippen LogP contribution in [0.3, 0.4) is 0 Å². The second-order valence-corrected chi connectivity index (χ2v) is 7.36. The third kappa shape index (κ3) is 2.73. The molecule has 2 aliphatic rings. The van der Waals surface area contributed by atoms with Gasteiger partial charge >= 0.3 is 0 Å². The molecule has 1 spiro atoms. The van der Waals surface area contributed by atoms with E-state index in [2.05, 4.69) is 0 Å². The van der Waals surface area contributed by atoms with Gasteiger partial charge in [0.1, 0.15) is 5.56 Å². The lowest BCUT2D eigenvalue weighted by Gasteiger charge is -2.46. The topological polar surface area (TPSA) is 71.8 Å². The Hall–Kier alpha value is -2.18. The van der Waals surface area contributed by atoms with Gasteiger partial charge in [-0.3, -0.25) is 9.59 Å². The minimum atomic E-state index is -0.524. The summed E-state index contributed by atoms with van der Waals surface area (Å²) in [6.45, 7) is 1.65. The second-order valence-electron chi connectivity index (χ2n) is 7.36. The molecule has 138 valence electrons. The van der Waals surface area contributed by atoms with Crippen LogP contribution in [0.15, 0.2) is 35.3 Å². The van der Waals surface area contributed by atoms with Crippen molar-refractivity contribution in [2.75, 3.05) is 19.7 Å². The highest BCUT2D eigenvalue weighted by Gasteiger charge is 2.44. The monoisotopic (exact) mass is 356 g/mol. The predicted octanol–water partition coefficient (Wildman–Crippen LogP) is 1.68. The van der Waals surface area contributed by atoms with Gasteiger partial charge in [-0.1, -0.05) is 12.1 Å². The summed E-state index contributed by atoms with van der Waals surface area (Å²) in [4.78, 5) is 27.5. The van der Waals surface area contributed by atoms with Crippen molar-refractivity contribution in [1.29, 1.82) is 0 Å². The first kappa shape index (κ1) is 17.2. The minimum absolute atomic E-state index is 0.201. The van der Waals surface area contributed by atoms with Crippen LogP contribution in [-0.4, -0.2) is 51.9 Å². The molecule has 1 unspecified atom stereocenters. The zero-order valence-corrected chi connectivity index (χ0v) is 15.0. The zero-order valence-electron chi connectivity index (χ0n) is 15.0. The van der Waals surface area contributed by atoms with Crippen LogP contribution in [0.4, 0.5) is 0 Å². The van der Waals surface area contributed by atoms with Crippen LogP contribution in [-0.2, 0) is 11.8 Å². The zero-order chi connectivity index (χ0) is 18.3. The number of aryl methyl sites for hydroxylation is 1. The number of pyridine rings is 1. The molecule has 1 N–H and O–H groups in total. The molecule has 6 nitrogen and oxygen atoms in total. The Morgan fingerprint density at radius 1 is 1.27 bits per heavy atom. The molecule has 2 aromatic rings. The number of hydrogen-bond acceptors (Lipinski definition) is 4. The van der Waals surface area contributed by atoms with Crippen LogP contribution in [0, 0.1) is 0 Å². The number of hydrogen-bond donors (Lipinski definition) is 1. The maximum atomic E-state index is 13.0. The fourth-order valence-electron chi connectivity index (χ4n) is 4.24. The molecule has 1 aromatic heterocycles. The van der Waals surface area contributed by atoms with Gasteiger partial charge in [-0.05, 0) is 37.8 Å². The molecule has 2 fully saturated rings. The van der Waals surface area contributed by atoms with E-state index in [1.807, 2.05) is 29.8 Å². The van der Waals surface area contributed by atoms with Gasteiger partial charge in [-0.15, -0.1) is 0 Å². The molecule has 26 heavy (non-hydrogen) atoms. The normalized spacial score (nSPS) is 22.7. The van der Waals surface area contributed by atoms with E-state index in [0.717, 1.165) is 18.4 Å². The number of amides is 1. The van der Waals surface area contributed by atoms with Gasteiger partial charge < -0.3 is 19.3 Å². The summed E-state index contributed by atoms with van der Waals surface area (Å²) in [5, 5.41) is 10.9. The van der Waals surface area contributed by atoms with Gasteiger partial charge in [0.15, 0.2) is 0 Å².